The molecular formula is C21H23FN6O2S. The van der Waals surface area contributed by atoms with Crippen LogP contribution in [0.25, 0.3) is 10.9 Å². The molecule has 2 aliphatic heterocycles. The van der Waals surface area contributed by atoms with Crippen molar-refractivity contribution in [2.75, 3.05) is 17.3 Å². The van der Waals surface area contributed by atoms with E-state index in [9.17, 15) is 14.3 Å². The monoisotopic (exact) mass is 442 g/mol. The average Bonchev–Trinajstić information content (AvgIpc) is 3.34. The Morgan fingerprint density at radius 3 is 2.81 bits per heavy atom. The molecule has 0 aromatic carbocycles. The van der Waals surface area contributed by atoms with Crippen molar-refractivity contribution in [3.05, 3.63) is 35.5 Å². The third-order valence-corrected chi connectivity index (χ3v) is 6.92. The molecule has 2 bridgehead atoms. The molecule has 0 aliphatic carbocycles. The van der Waals surface area contributed by atoms with Crippen molar-refractivity contribution >= 4 is 44.9 Å². The number of piperidine rings is 1. The Labute approximate surface area is 182 Å². The number of amides is 1. The summed E-state index contributed by atoms with van der Waals surface area (Å²) in [6.45, 7) is -0.976. The van der Waals surface area contributed by atoms with Gasteiger partial charge in [-0.05, 0) is 37.8 Å². The Morgan fingerprint density at radius 2 is 2.10 bits per heavy atom. The molecule has 1 amide bonds. The van der Waals surface area contributed by atoms with Gasteiger partial charge in [0.05, 0.1) is 17.0 Å². The topological polar surface area (TPSA) is 103 Å². The number of carbonyl (C=O) groups excluding carboxylic acids is 1. The number of halogens is 1. The Morgan fingerprint density at radius 1 is 1.29 bits per heavy atom. The highest BCUT2D eigenvalue weighted by Crippen LogP contribution is 2.37. The Balaban J connectivity index is 1.40. The SMILES string of the molecule is O=C(CF)N1[C@@H]2CC[C@H]1C[C@H](Nc1nc(Nc3ncc(CO)s3)cc3ncccc13)C2. The number of nitrogens with zero attached hydrogens (tertiary/aromatic N) is 4. The fourth-order valence-corrected chi connectivity index (χ4v) is 5.44. The van der Waals surface area contributed by atoms with Crippen LogP contribution in [0.3, 0.4) is 0 Å². The van der Waals surface area contributed by atoms with Crippen LogP contribution < -0.4 is 10.6 Å². The molecule has 0 radical (unpaired) electrons. The van der Waals surface area contributed by atoms with Crippen LogP contribution in [0.2, 0.25) is 0 Å². The second kappa shape index (κ2) is 8.35. The van der Waals surface area contributed by atoms with Crippen molar-refractivity contribution in [3.63, 3.8) is 0 Å². The lowest BCUT2D eigenvalue weighted by Crippen LogP contribution is -2.50. The largest absolute Gasteiger partial charge is 0.391 e. The quantitative estimate of drug-likeness (QED) is 0.539. The maximum atomic E-state index is 13.0. The van der Waals surface area contributed by atoms with Crippen LogP contribution >= 0.6 is 11.3 Å². The first-order valence-electron chi connectivity index (χ1n) is 10.4. The van der Waals surface area contributed by atoms with E-state index >= 15 is 0 Å². The normalized spacial score (nSPS) is 22.6. The van der Waals surface area contributed by atoms with Crippen molar-refractivity contribution in [1.82, 2.24) is 19.9 Å². The molecule has 2 aliphatic rings. The minimum Gasteiger partial charge on any atom is -0.391 e. The van der Waals surface area contributed by atoms with E-state index in [-0.39, 0.29) is 24.7 Å². The summed E-state index contributed by atoms with van der Waals surface area (Å²) in [4.78, 5) is 28.0. The number of hydrogen-bond acceptors (Lipinski definition) is 8. The summed E-state index contributed by atoms with van der Waals surface area (Å²) in [7, 11) is 0. The maximum absolute atomic E-state index is 13.0. The van der Waals surface area contributed by atoms with Crippen LogP contribution in [0.5, 0.6) is 0 Å². The van der Waals surface area contributed by atoms with E-state index < -0.39 is 12.6 Å². The van der Waals surface area contributed by atoms with E-state index in [2.05, 4.69) is 20.6 Å². The van der Waals surface area contributed by atoms with Crippen molar-refractivity contribution in [2.45, 2.75) is 50.4 Å². The fourth-order valence-electron chi connectivity index (χ4n) is 4.76. The zero-order valence-electron chi connectivity index (χ0n) is 16.8. The summed E-state index contributed by atoms with van der Waals surface area (Å²) in [6.07, 6.45) is 6.76. The molecule has 5 heterocycles. The molecule has 8 nitrogen and oxygen atoms in total. The third-order valence-electron chi connectivity index (χ3n) is 6.02. The van der Waals surface area contributed by atoms with Crippen LogP contribution in [-0.2, 0) is 11.4 Å². The summed E-state index contributed by atoms with van der Waals surface area (Å²) >= 11 is 1.37. The van der Waals surface area contributed by atoms with Crippen LogP contribution in [0, 0.1) is 0 Å². The van der Waals surface area contributed by atoms with Crippen LogP contribution in [-0.4, -0.2) is 55.7 Å². The lowest BCUT2D eigenvalue weighted by atomic mass is 9.97. The van der Waals surface area contributed by atoms with Gasteiger partial charge in [-0.1, -0.05) is 11.3 Å². The molecular weight excluding hydrogens is 419 g/mol. The van der Waals surface area contributed by atoms with E-state index in [1.54, 1.807) is 17.3 Å². The van der Waals surface area contributed by atoms with E-state index in [0.717, 1.165) is 47.3 Å². The zero-order chi connectivity index (χ0) is 21.4. The Kier molecular flexibility index (Phi) is 5.41. The van der Waals surface area contributed by atoms with Gasteiger partial charge in [0.2, 0.25) is 0 Å². The molecule has 3 N–H and O–H groups in total. The first-order valence-corrected chi connectivity index (χ1v) is 11.2. The molecule has 10 heteroatoms. The van der Waals surface area contributed by atoms with Gasteiger partial charge in [-0.15, -0.1) is 0 Å². The molecule has 162 valence electrons. The van der Waals surface area contributed by atoms with Crippen molar-refractivity contribution < 1.29 is 14.3 Å². The summed E-state index contributed by atoms with van der Waals surface area (Å²) < 4.78 is 13.0. The van der Waals surface area contributed by atoms with Gasteiger partial charge in [-0.3, -0.25) is 9.78 Å². The van der Waals surface area contributed by atoms with E-state index in [1.165, 1.54) is 11.3 Å². The first kappa shape index (κ1) is 20.1. The second-order valence-electron chi connectivity index (χ2n) is 7.97. The Bertz CT molecular complexity index is 1090. The van der Waals surface area contributed by atoms with Crippen LogP contribution in [0.15, 0.2) is 30.6 Å². The van der Waals surface area contributed by atoms with Gasteiger partial charge in [0.1, 0.15) is 11.6 Å². The number of aromatic nitrogens is 3. The summed E-state index contributed by atoms with van der Waals surface area (Å²) in [6, 6.07) is 6.03. The van der Waals surface area contributed by atoms with E-state index in [1.807, 2.05) is 18.2 Å². The first-order chi connectivity index (χ1) is 15.1. The third kappa shape index (κ3) is 3.92. The number of aliphatic hydroxyl groups excluding tert-OH is 1. The van der Waals surface area contributed by atoms with Crippen LogP contribution in [0.4, 0.5) is 21.2 Å². The fraction of sp³-hybridized carbons (Fsp3) is 0.429. The van der Waals surface area contributed by atoms with Gasteiger partial charge < -0.3 is 20.6 Å². The van der Waals surface area contributed by atoms with Gasteiger partial charge >= 0.3 is 0 Å². The number of aliphatic hydroxyl groups is 1. The lowest BCUT2D eigenvalue weighted by molar-refractivity contribution is -0.136. The molecule has 0 saturated carbocycles. The van der Waals surface area contributed by atoms with Crippen molar-refractivity contribution in [2.24, 2.45) is 0 Å². The number of carbonyl (C=O) groups is 1. The number of alkyl halides is 1. The molecule has 2 saturated heterocycles. The highest BCUT2D eigenvalue weighted by atomic mass is 32.1. The summed E-state index contributed by atoms with van der Waals surface area (Å²) in [5, 5.41) is 17.6. The highest BCUT2D eigenvalue weighted by Gasteiger charge is 2.43. The van der Waals surface area contributed by atoms with Gasteiger partial charge in [-0.2, -0.15) is 0 Å². The number of thiazole rings is 1. The number of nitrogens with one attached hydrogen (secondary N) is 2. The van der Waals surface area contributed by atoms with Gasteiger partial charge in [0.25, 0.3) is 5.91 Å². The molecule has 0 spiro atoms. The van der Waals surface area contributed by atoms with E-state index in [0.29, 0.717) is 10.9 Å². The standard InChI is InChI=1S/C21H23FN6O2S/c22-9-19(30)28-13-3-4-14(28)7-12(6-13)25-20-16-2-1-5-23-17(16)8-18(26-20)27-21-24-10-15(11-29)31-21/h1-2,5,8,10,12-14,29H,3-4,6-7,9,11H2,(H2,24,25,26,27)/t12-,13-,14+. The Hall–Kier alpha value is -2.85. The predicted molar refractivity (Wildman–Crippen MR) is 117 cm³/mol. The summed E-state index contributed by atoms with van der Waals surface area (Å²) in [5.74, 6) is 0.942. The maximum Gasteiger partial charge on any atom is 0.254 e. The molecule has 5 rings (SSSR count). The predicted octanol–water partition coefficient (Wildman–Crippen LogP) is 3.23. The van der Waals surface area contributed by atoms with Gasteiger partial charge in [0, 0.05) is 42.0 Å². The van der Waals surface area contributed by atoms with Crippen molar-refractivity contribution in [1.29, 1.82) is 0 Å². The number of pyridine rings is 2. The minimum atomic E-state index is -0.925. The highest BCUT2D eigenvalue weighted by molar-refractivity contribution is 7.15. The lowest BCUT2D eigenvalue weighted by Gasteiger charge is -2.39. The summed E-state index contributed by atoms with van der Waals surface area (Å²) in [5.41, 5.74) is 0.800. The molecule has 0 unspecified atom stereocenters. The molecule has 3 atom stereocenters. The second-order valence-corrected chi connectivity index (χ2v) is 9.09. The van der Waals surface area contributed by atoms with E-state index in [4.69, 9.17) is 4.98 Å². The number of hydrogen-bond donors (Lipinski definition) is 3. The minimum absolute atomic E-state index is 0.0508. The zero-order valence-corrected chi connectivity index (χ0v) is 17.6. The van der Waals surface area contributed by atoms with Crippen LogP contribution in [0.1, 0.15) is 30.6 Å². The van der Waals surface area contributed by atoms with Gasteiger partial charge in [-0.25, -0.2) is 14.4 Å². The molecule has 2 fully saturated rings. The smallest absolute Gasteiger partial charge is 0.254 e. The number of fused-ring (bicyclic) bond motifs is 3. The van der Waals surface area contributed by atoms with Gasteiger partial charge in [0.15, 0.2) is 11.8 Å². The average molecular weight is 443 g/mol. The van der Waals surface area contributed by atoms with Crippen molar-refractivity contribution in [3.8, 4) is 0 Å². The number of rotatable bonds is 6. The number of anilines is 3. The molecule has 3 aromatic heterocycles. The molecule has 31 heavy (non-hydrogen) atoms. The molecule has 3 aromatic rings.